The maximum atomic E-state index is 4.04. The Morgan fingerprint density at radius 2 is 1.89 bits per heavy atom. The van der Waals surface area contributed by atoms with Crippen molar-refractivity contribution in [1.82, 2.24) is 0 Å². The van der Waals surface area contributed by atoms with Crippen molar-refractivity contribution in [2.24, 2.45) is 17.8 Å². The molecule has 0 saturated heterocycles. The summed E-state index contributed by atoms with van der Waals surface area (Å²) in [4.78, 5) is 0. The van der Waals surface area contributed by atoms with Crippen molar-refractivity contribution in [3.63, 3.8) is 0 Å². The van der Waals surface area contributed by atoms with Gasteiger partial charge in [0, 0.05) is 0 Å². The van der Waals surface area contributed by atoms with Gasteiger partial charge in [0.2, 0.25) is 0 Å². The average Bonchev–Trinajstić information content (AvgIpc) is 1.98. The van der Waals surface area contributed by atoms with Crippen molar-refractivity contribution >= 4 is 0 Å². The molecule has 1 rings (SSSR count). The molecule has 9 heavy (non-hydrogen) atoms. The van der Waals surface area contributed by atoms with Crippen molar-refractivity contribution in [1.29, 1.82) is 0 Å². The van der Waals surface area contributed by atoms with Crippen LogP contribution in [0.3, 0.4) is 0 Å². The van der Waals surface area contributed by atoms with Crippen LogP contribution < -0.4 is 0 Å². The first-order valence-electron chi connectivity index (χ1n) is 3.80. The topological polar surface area (TPSA) is 0 Å². The molecule has 0 heteroatoms. The molecule has 0 bridgehead atoms. The van der Waals surface area contributed by atoms with E-state index in [4.69, 9.17) is 0 Å². The zero-order chi connectivity index (χ0) is 7.02. The van der Waals surface area contributed by atoms with Gasteiger partial charge < -0.3 is 0 Å². The highest BCUT2D eigenvalue weighted by Crippen LogP contribution is 2.38. The maximum absolute atomic E-state index is 4.04. The predicted octanol–water partition coefficient (Wildman–Crippen LogP) is 2.85. The lowest BCUT2D eigenvalue weighted by atomic mass is 9.93. The molecular weight excluding hydrogens is 108 g/mol. The van der Waals surface area contributed by atoms with Crippen molar-refractivity contribution in [2.75, 3.05) is 0 Å². The van der Waals surface area contributed by atoms with Crippen LogP contribution >= 0.6 is 0 Å². The van der Waals surface area contributed by atoms with E-state index in [1.807, 2.05) is 0 Å². The van der Waals surface area contributed by atoms with Gasteiger partial charge in [-0.15, -0.1) is 0 Å². The third-order valence-corrected chi connectivity index (χ3v) is 2.91. The molecule has 0 radical (unpaired) electrons. The zero-order valence-electron chi connectivity index (χ0n) is 6.65. The molecule has 52 valence electrons. The van der Waals surface area contributed by atoms with E-state index in [9.17, 15) is 0 Å². The van der Waals surface area contributed by atoms with Gasteiger partial charge in [-0.1, -0.05) is 32.9 Å². The molecule has 0 aromatic carbocycles. The first-order chi connectivity index (χ1) is 4.13. The van der Waals surface area contributed by atoms with E-state index < -0.39 is 0 Å². The molecule has 3 unspecified atom stereocenters. The molecular formula is C9H16. The summed E-state index contributed by atoms with van der Waals surface area (Å²) in [5.74, 6) is 2.49. The van der Waals surface area contributed by atoms with Crippen LogP contribution in [0.5, 0.6) is 0 Å². The van der Waals surface area contributed by atoms with Crippen LogP contribution in [-0.2, 0) is 0 Å². The molecule has 0 N–H and O–H groups in total. The summed E-state index contributed by atoms with van der Waals surface area (Å²) >= 11 is 0. The monoisotopic (exact) mass is 124 g/mol. The van der Waals surface area contributed by atoms with Gasteiger partial charge in [-0.3, -0.25) is 0 Å². The minimum atomic E-state index is 0.764. The van der Waals surface area contributed by atoms with Crippen LogP contribution in [-0.4, -0.2) is 0 Å². The summed E-state index contributed by atoms with van der Waals surface area (Å²) in [6.07, 6.45) is 1.25. The van der Waals surface area contributed by atoms with Crippen molar-refractivity contribution in [2.45, 2.75) is 27.2 Å². The fraction of sp³-hybridized carbons (Fsp3) is 0.778. The van der Waals surface area contributed by atoms with Gasteiger partial charge >= 0.3 is 0 Å². The van der Waals surface area contributed by atoms with Crippen molar-refractivity contribution in [3.05, 3.63) is 12.2 Å². The first-order valence-corrected chi connectivity index (χ1v) is 3.80. The van der Waals surface area contributed by atoms with Gasteiger partial charge in [-0.2, -0.15) is 0 Å². The molecule has 0 aromatic rings. The second kappa shape index (κ2) is 2.17. The SMILES string of the molecule is C=C1CC(C)C(C)C1C. The summed E-state index contributed by atoms with van der Waals surface area (Å²) in [7, 11) is 0. The van der Waals surface area contributed by atoms with Gasteiger partial charge in [-0.25, -0.2) is 0 Å². The molecule has 0 heterocycles. The first kappa shape index (κ1) is 6.85. The summed E-state index contributed by atoms with van der Waals surface area (Å²) in [6, 6.07) is 0. The zero-order valence-corrected chi connectivity index (χ0v) is 6.65. The standard InChI is InChI=1S/C9H16/c1-6-5-7(2)9(4)8(6)3/h7-9H,1,5H2,2-4H3. The highest BCUT2D eigenvalue weighted by atomic mass is 14.3. The molecule has 1 aliphatic carbocycles. The third-order valence-electron chi connectivity index (χ3n) is 2.91. The molecule has 0 nitrogen and oxygen atoms in total. The van der Waals surface area contributed by atoms with Gasteiger partial charge in [0.1, 0.15) is 0 Å². The Kier molecular flexibility index (Phi) is 1.65. The summed E-state index contributed by atoms with van der Waals surface area (Å²) in [6.45, 7) is 11.0. The van der Waals surface area contributed by atoms with Gasteiger partial charge in [0.15, 0.2) is 0 Å². The largest absolute Gasteiger partial charge is 0.0996 e. The Labute approximate surface area is 58.0 Å². The van der Waals surface area contributed by atoms with Gasteiger partial charge in [0.25, 0.3) is 0 Å². The number of hydrogen-bond acceptors (Lipinski definition) is 0. The molecule has 0 spiro atoms. The van der Waals surface area contributed by atoms with Crippen LogP contribution in [0, 0.1) is 17.8 Å². The minimum absolute atomic E-state index is 0.764. The van der Waals surface area contributed by atoms with E-state index >= 15 is 0 Å². The summed E-state index contributed by atoms with van der Waals surface area (Å²) in [5.41, 5.74) is 1.45. The molecule has 1 fully saturated rings. The van der Waals surface area contributed by atoms with Crippen LogP contribution in [0.15, 0.2) is 12.2 Å². The Balaban J connectivity index is 2.65. The lowest BCUT2D eigenvalue weighted by molar-refractivity contribution is 0.389. The van der Waals surface area contributed by atoms with E-state index in [1.165, 1.54) is 12.0 Å². The fourth-order valence-electron chi connectivity index (χ4n) is 1.65. The minimum Gasteiger partial charge on any atom is -0.0996 e. The van der Waals surface area contributed by atoms with Crippen molar-refractivity contribution < 1.29 is 0 Å². The van der Waals surface area contributed by atoms with E-state index in [0.717, 1.165) is 17.8 Å². The van der Waals surface area contributed by atoms with Crippen LogP contribution in [0.1, 0.15) is 27.2 Å². The van der Waals surface area contributed by atoms with Gasteiger partial charge in [0.05, 0.1) is 0 Å². The second-order valence-electron chi connectivity index (χ2n) is 3.49. The Bertz CT molecular complexity index is 124. The smallest absolute Gasteiger partial charge is 0.0206 e. The molecule has 3 atom stereocenters. The summed E-state index contributed by atoms with van der Waals surface area (Å²) in [5, 5.41) is 0. The molecule has 0 amide bonds. The van der Waals surface area contributed by atoms with Gasteiger partial charge in [-0.05, 0) is 24.2 Å². The third kappa shape index (κ3) is 1.03. The van der Waals surface area contributed by atoms with Crippen LogP contribution in [0.2, 0.25) is 0 Å². The maximum Gasteiger partial charge on any atom is -0.0206 e. The number of allylic oxidation sites excluding steroid dienone is 1. The Hall–Kier alpha value is -0.260. The molecule has 0 aromatic heterocycles. The summed E-state index contributed by atoms with van der Waals surface area (Å²) < 4.78 is 0. The van der Waals surface area contributed by atoms with E-state index in [0.29, 0.717) is 0 Å². The predicted molar refractivity (Wildman–Crippen MR) is 41.2 cm³/mol. The highest BCUT2D eigenvalue weighted by molar-refractivity contribution is 5.08. The van der Waals surface area contributed by atoms with Crippen molar-refractivity contribution in [3.8, 4) is 0 Å². The Morgan fingerprint density at radius 1 is 1.33 bits per heavy atom. The fourth-order valence-corrected chi connectivity index (χ4v) is 1.65. The molecule has 1 saturated carbocycles. The van der Waals surface area contributed by atoms with Crippen LogP contribution in [0.4, 0.5) is 0 Å². The quantitative estimate of drug-likeness (QED) is 0.435. The van der Waals surface area contributed by atoms with E-state index in [2.05, 4.69) is 27.4 Å². The van der Waals surface area contributed by atoms with E-state index in [1.54, 1.807) is 0 Å². The number of hydrogen-bond donors (Lipinski definition) is 0. The highest BCUT2D eigenvalue weighted by Gasteiger charge is 2.28. The molecule has 0 aliphatic heterocycles. The Morgan fingerprint density at radius 3 is 2.00 bits per heavy atom. The number of rotatable bonds is 0. The van der Waals surface area contributed by atoms with Crippen LogP contribution in [0.25, 0.3) is 0 Å². The average molecular weight is 124 g/mol. The van der Waals surface area contributed by atoms with E-state index in [-0.39, 0.29) is 0 Å². The second-order valence-corrected chi connectivity index (χ2v) is 3.49. The molecule has 1 aliphatic rings. The normalized spacial score (nSPS) is 43.9. The lowest BCUT2D eigenvalue weighted by Crippen LogP contribution is -2.04. The lowest BCUT2D eigenvalue weighted by Gasteiger charge is -2.12.